The maximum atomic E-state index is 14.5. The third-order valence-electron chi connectivity index (χ3n) is 7.03. The van der Waals surface area contributed by atoms with E-state index in [1.807, 2.05) is 30.3 Å². The molecule has 1 N–H and O–H groups in total. The van der Waals surface area contributed by atoms with Gasteiger partial charge in [-0.1, -0.05) is 42.5 Å². The molecule has 2 aliphatic rings. The molecule has 0 aliphatic carbocycles. The van der Waals surface area contributed by atoms with Crippen molar-refractivity contribution in [3.05, 3.63) is 64.1 Å². The van der Waals surface area contributed by atoms with E-state index in [-0.39, 0.29) is 12.1 Å². The van der Waals surface area contributed by atoms with Crippen molar-refractivity contribution in [3.8, 4) is 0 Å². The normalized spacial score (nSPS) is 23.1. The first-order valence-corrected chi connectivity index (χ1v) is 12.2. The lowest BCUT2D eigenvalue weighted by Gasteiger charge is -2.31. The zero-order valence-corrected chi connectivity index (χ0v) is 22.6. The van der Waals surface area contributed by atoms with Crippen LogP contribution >= 0.6 is 15.9 Å². The fourth-order valence-electron chi connectivity index (χ4n) is 5.48. The Hall–Kier alpha value is -3.77. The molecule has 200 valence electrons. The fraction of sp³-hybridized carbons (Fsp3) is 0.346. The number of nitrogens with one attached hydrogen (secondary N) is 1. The monoisotopic (exact) mass is 588 g/mol. The van der Waals surface area contributed by atoms with Crippen LogP contribution in [0.5, 0.6) is 0 Å². The van der Waals surface area contributed by atoms with Crippen molar-refractivity contribution in [2.45, 2.75) is 17.6 Å². The molecule has 1 amide bonds. The van der Waals surface area contributed by atoms with Gasteiger partial charge in [-0.2, -0.15) is 0 Å². The number of nitrogens with zero attached hydrogens (tertiary/aromatic N) is 1. The number of carbonyl (C=O) groups is 5. The van der Waals surface area contributed by atoms with Crippen LogP contribution in [0.1, 0.15) is 11.1 Å². The first kappa shape index (κ1) is 27.3. The highest BCUT2D eigenvalue weighted by molar-refractivity contribution is 9.10. The summed E-state index contributed by atoms with van der Waals surface area (Å²) in [5.41, 5.74) is -3.33. The van der Waals surface area contributed by atoms with Crippen LogP contribution in [0.3, 0.4) is 0 Å². The van der Waals surface area contributed by atoms with Crippen LogP contribution in [0.25, 0.3) is 0 Å². The Morgan fingerprint density at radius 1 is 0.842 bits per heavy atom. The van der Waals surface area contributed by atoms with Crippen molar-refractivity contribution in [2.75, 3.05) is 33.3 Å². The number of anilines is 1. The van der Waals surface area contributed by atoms with E-state index in [0.717, 1.165) is 34.0 Å². The molecule has 11 nitrogen and oxygen atoms in total. The summed E-state index contributed by atoms with van der Waals surface area (Å²) in [5.74, 6) is -8.92. The maximum absolute atomic E-state index is 14.5. The molecule has 1 fully saturated rings. The Bertz CT molecular complexity index is 1300. The number of esters is 4. The summed E-state index contributed by atoms with van der Waals surface area (Å²) >= 11 is 3.49. The molecule has 38 heavy (non-hydrogen) atoms. The van der Waals surface area contributed by atoms with Gasteiger partial charge in [-0.25, -0.2) is 9.59 Å². The lowest BCUT2D eigenvalue weighted by molar-refractivity contribution is -0.173. The second-order valence-electron chi connectivity index (χ2n) is 8.74. The molecule has 0 saturated carbocycles. The topological polar surface area (TPSA) is 138 Å². The SMILES string of the molecule is COC(=O)[C@@H]1[C@H](C(=O)OC)C(C(=O)OC)(C(=O)OC)N[C@@]12C(=O)N(Cc1ccccc1)c1c(Br)cccc12. The van der Waals surface area contributed by atoms with E-state index in [0.29, 0.717) is 10.2 Å². The number of halogens is 1. The van der Waals surface area contributed by atoms with Gasteiger partial charge in [0.15, 0.2) is 0 Å². The van der Waals surface area contributed by atoms with Crippen LogP contribution in [-0.4, -0.2) is 63.8 Å². The highest BCUT2D eigenvalue weighted by atomic mass is 79.9. The van der Waals surface area contributed by atoms with Gasteiger partial charge in [0, 0.05) is 10.0 Å². The number of rotatable bonds is 6. The summed E-state index contributed by atoms with van der Waals surface area (Å²) < 4.78 is 20.3. The van der Waals surface area contributed by atoms with E-state index >= 15 is 0 Å². The van der Waals surface area contributed by atoms with Gasteiger partial charge in [0.05, 0.1) is 40.7 Å². The molecule has 2 aliphatic heterocycles. The minimum absolute atomic E-state index is 0.0823. The third kappa shape index (κ3) is 3.70. The minimum atomic E-state index is -2.62. The molecule has 3 atom stereocenters. The van der Waals surface area contributed by atoms with Gasteiger partial charge in [-0.05, 0) is 27.6 Å². The van der Waals surface area contributed by atoms with E-state index in [1.165, 1.54) is 4.90 Å². The molecule has 2 heterocycles. The Morgan fingerprint density at radius 2 is 1.42 bits per heavy atom. The average molecular weight is 589 g/mol. The summed E-state index contributed by atoms with van der Waals surface area (Å²) in [6.07, 6.45) is 0. The molecule has 0 radical (unpaired) electrons. The molecule has 0 bridgehead atoms. The molecule has 1 saturated heterocycles. The molecular weight excluding hydrogens is 564 g/mol. The van der Waals surface area contributed by atoms with Crippen molar-refractivity contribution in [1.29, 1.82) is 0 Å². The lowest BCUT2D eigenvalue weighted by Crippen LogP contribution is -2.64. The smallest absolute Gasteiger partial charge is 0.338 e. The van der Waals surface area contributed by atoms with E-state index < -0.39 is 52.7 Å². The number of benzene rings is 2. The lowest BCUT2D eigenvalue weighted by atomic mass is 9.72. The molecule has 0 unspecified atom stereocenters. The van der Waals surface area contributed by atoms with Gasteiger partial charge >= 0.3 is 23.9 Å². The standard InChI is InChI=1S/C26H25BrN2O9/c1-35-20(30)17-18(21(31)36-2)26(23(33)37-3,24(34)38-4)28-25(17)15-11-8-12-16(27)19(15)29(22(25)32)13-14-9-6-5-7-10-14/h5-12,17-18,28H,13H2,1-4H3/t17-,18+,25+/m0/s1. The molecule has 0 aromatic heterocycles. The zero-order valence-electron chi connectivity index (χ0n) is 21.0. The summed E-state index contributed by atoms with van der Waals surface area (Å²) in [7, 11) is 4.11. The first-order valence-electron chi connectivity index (χ1n) is 11.4. The number of fused-ring (bicyclic) bond motifs is 2. The van der Waals surface area contributed by atoms with Crippen LogP contribution in [0, 0.1) is 11.8 Å². The second kappa shape index (κ2) is 10.2. The maximum Gasteiger partial charge on any atom is 0.338 e. The van der Waals surface area contributed by atoms with Gasteiger partial charge in [-0.3, -0.25) is 19.7 Å². The van der Waals surface area contributed by atoms with Crippen LogP contribution in [0.2, 0.25) is 0 Å². The molecular formula is C26H25BrN2O9. The third-order valence-corrected chi connectivity index (χ3v) is 7.67. The minimum Gasteiger partial charge on any atom is -0.469 e. The van der Waals surface area contributed by atoms with Crippen molar-refractivity contribution in [3.63, 3.8) is 0 Å². The Balaban J connectivity index is 2.07. The van der Waals surface area contributed by atoms with Crippen molar-refractivity contribution in [2.24, 2.45) is 11.8 Å². The van der Waals surface area contributed by atoms with E-state index in [4.69, 9.17) is 18.9 Å². The predicted octanol–water partition coefficient (Wildman–Crippen LogP) is 1.46. The number of para-hydroxylation sites is 1. The van der Waals surface area contributed by atoms with Crippen LogP contribution in [0.15, 0.2) is 53.0 Å². The molecule has 2 aromatic carbocycles. The van der Waals surface area contributed by atoms with Gasteiger partial charge in [-0.15, -0.1) is 0 Å². The highest BCUT2D eigenvalue weighted by Gasteiger charge is 2.79. The van der Waals surface area contributed by atoms with E-state index in [9.17, 15) is 24.0 Å². The predicted molar refractivity (Wildman–Crippen MR) is 134 cm³/mol. The number of hydrogen-bond acceptors (Lipinski definition) is 10. The number of ether oxygens (including phenoxy) is 4. The second-order valence-corrected chi connectivity index (χ2v) is 9.59. The average Bonchev–Trinajstić information content (AvgIpc) is 3.39. The molecule has 12 heteroatoms. The van der Waals surface area contributed by atoms with Gasteiger partial charge in [0.1, 0.15) is 17.4 Å². The van der Waals surface area contributed by atoms with Crippen LogP contribution in [-0.2, 0) is 55.0 Å². The van der Waals surface area contributed by atoms with Gasteiger partial charge < -0.3 is 23.8 Å². The number of carbonyl (C=O) groups excluding carboxylic acids is 5. The Morgan fingerprint density at radius 3 is 1.97 bits per heavy atom. The molecule has 2 aromatic rings. The van der Waals surface area contributed by atoms with Crippen molar-refractivity contribution < 1.29 is 42.9 Å². The van der Waals surface area contributed by atoms with Gasteiger partial charge in [0.25, 0.3) is 5.91 Å². The first-order chi connectivity index (χ1) is 18.1. The van der Waals surface area contributed by atoms with Crippen LogP contribution < -0.4 is 10.2 Å². The molecule has 1 spiro atoms. The zero-order chi connectivity index (χ0) is 27.8. The van der Waals surface area contributed by atoms with E-state index in [2.05, 4.69) is 21.2 Å². The van der Waals surface area contributed by atoms with Gasteiger partial charge in [0.2, 0.25) is 5.54 Å². The van der Waals surface area contributed by atoms with Crippen molar-refractivity contribution in [1.82, 2.24) is 5.32 Å². The number of amides is 1. The number of methoxy groups -OCH3 is 4. The molecule has 4 rings (SSSR count). The summed E-state index contributed by atoms with van der Waals surface area (Å²) in [6.45, 7) is 0.0823. The number of hydrogen-bond donors (Lipinski definition) is 1. The summed E-state index contributed by atoms with van der Waals surface area (Å²) in [5, 5.41) is 2.80. The highest BCUT2D eigenvalue weighted by Crippen LogP contribution is 2.57. The van der Waals surface area contributed by atoms with Crippen molar-refractivity contribution >= 4 is 51.4 Å². The summed E-state index contributed by atoms with van der Waals surface area (Å²) in [6, 6.07) is 14.0. The summed E-state index contributed by atoms with van der Waals surface area (Å²) in [4.78, 5) is 69.4. The largest absolute Gasteiger partial charge is 0.469 e. The van der Waals surface area contributed by atoms with Crippen LogP contribution in [0.4, 0.5) is 5.69 Å². The Labute approximate surface area is 226 Å². The van der Waals surface area contributed by atoms with E-state index in [1.54, 1.807) is 18.2 Å². The quantitative estimate of drug-likeness (QED) is 0.300. The fourth-order valence-corrected chi connectivity index (χ4v) is 6.06. The Kier molecular flexibility index (Phi) is 7.31.